The molecule has 0 atom stereocenters. The number of benzene rings is 8. The van der Waals surface area contributed by atoms with E-state index in [-0.39, 0.29) is 21.7 Å². The Morgan fingerprint density at radius 2 is 1.17 bits per heavy atom. The molecule has 3 heterocycles. The molecular formula is C67H61BN3. The van der Waals surface area contributed by atoms with Crippen LogP contribution < -0.4 is 21.1 Å². The second-order valence-electron chi connectivity index (χ2n) is 23.9. The highest BCUT2D eigenvalue weighted by Gasteiger charge is 2.40. The van der Waals surface area contributed by atoms with Gasteiger partial charge in [-0.05, 0) is 137 Å². The summed E-state index contributed by atoms with van der Waals surface area (Å²) in [6.45, 7) is 28.1. The molecule has 0 unspecified atom stereocenters. The molecule has 347 valence electrons. The predicted molar refractivity (Wildman–Crippen MR) is 305 cm³/mol. The van der Waals surface area contributed by atoms with Crippen molar-refractivity contribution in [2.75, 3.05) is 17.3 Å². The molecule has 2 aliphatic carbocycles. The molecule has 3 nitrogen and oxygen atoms in total. The van der Waals surface area contributed by atoms with Crippen LogP contribution in [0.4, 0.5) is 17.1 Å². The number of hydrogen-bond donors (Lipinski definition) is 1. The summed E-state index contributed by atoms with van der Waals surface area (Å²) in [6, 6.07) is 55.7. The third-order valence-electron chi connectivity index (χ3n) is 16.8. The standard InChI is InChI=1S/C67H61BN3/c1-38-30-58(39-18-14-13-15-19-39)70(12)59-37-61-56(34-46(38)59)68-62-44(27-28-45-51-33-48-43-20-16-17-21-52(43)66(8,9)55(48)36-60(51)71(61)63(45)62)50-32-49-47-31-41(65(5,6)7)24-29-53(47)67(10,11)54(49)35-57(50)69-42-25-22-40(23-26-42)64(2,3)4/h13-37,69H,1H2,2-12H3. The molecule has 4 heteroatoms. The smallest absolute Gasteiger partial charge is 0.197 e. The quantitative estimate of drug-likeness (QED) is 0.178. The Hall–Kier alpha value is -7.30. The van der Waals surface area contributed by atoms with Crippen LogP contribution >= 0.6 is 0 Å². The van der Waals surface area contributed by atoms with Crippen LogP contribution in [-0.4, -0.2) is 18.9 Å². The minimum absolute atomic E-state index is 0.0200. The third-order valence-corrected chi connectivity index (χ3v) is 16.8. The van der Waals surface area contributed by atoms with Crippen molar-refractivity contribution in [3.63, 3.8) is 0 Å². The van der Waals surface area contributed by atoms with Crippen LogP contribution in [0.3, 0.4) is 0 Å². The first-order chi connectivity index (χ1) is 33.8. The van der Waals surface area contributed by atoms with Crippen molar-refractivity contribution in [2.45, 2.75) is 90.9 Å². The largest absolute Gasteiger partial charge is 0.355 e. The molecule has 8 aromatic carbocycles. The van der Waals surface area contributed by atoms with Gasteiger partial charge in [-0.2, -0.15) is 0 Å². The molecular weight excluding hydrogens is 858 g/mol. The zero-order valence-electron chi connectivity index (χ0n) is 43.1. The second kappa shape index (κ2) is 14.6. The molecule has 1 radical (unpaired) electrons. The third kappa shape index (κ3) is 6.29. The summed E-state index contributed by atoms with van der Waals surface area (Å²) >= 11 is 0. The van der Waals surface area contributed by atoms with Crippen molar-refractivity contribution in [1.29, 1.82) is 0 Å². The molecule has 0 bridgehead atoms. The van der Waals surface area contributed by atoms with Crippen LogP contribution in [0.2, 0.25) is 0 Å². The van der Waals surface area contributed by atoms with Gasteiger partial charge in [-0.1, -0.05) is 184 Å². The van der Waals surface area contributed by atoms with E-state index in [1.54, 1.807) is 0 Å². The number of nitrogens with one attached hydrogen (secondary N) is 1. The lowest BCUT2D eigenvalue weighted by Gasteiger charge is -2.33. The van der Waals surface area contributed by atoms with E-state index in [2.05, 4.69) is 250 Å². The molecule has 1 aromatic heterocycles. The van der Waals surface area contributed by atoms with Crippen molar-refractivity contribution in [3.05, 3.63) is 203 Å². The van der Waals surface area contributed by atoms with Gasteiger partial charge in [0.1, 0.15) is 0 Å². The minimum Gasteiger partial charge on any atom is -0.355 e. The summed E-state index contributed by atoms with van der Waals surface area (Å²) in [5.41, 5.74) is 29.6. The summed E-state index contributed by atoms with van der Waals surface area (Å²) < 4.78 is 2.61. The van der Waals surface area contributed by atoms with Crippen LogP contribution in [0.1, 0.15) is 114 Å². The highest BCUT2D eigenvalue weighted by atomic mass is 15.1. The van der Waals surface area contributed by atoms with Crippen molar-refractivity contribution in [2.24, 2.45) is 0 Å². The van der Waals surface area contributed by atoms with Crippen LogP contribution in [0.25, 0.3) is 72.1 Å². The van der Waals surface area contributed by atoms with Crippen molar-refractivity contribution in [1.82, 2.24) is 4.57 Å². The van der Waals surface area contributed by atoms with Gasteiger partial charge in [0, 0.05) is 68.1 Å². The zero-order valence-corrected chi connectivity index (χ0v) is 43.1. The van der Waals surface area contributed by atoms with Crippen LogP contribution in [-0.2, 0) is 21.7 Å². The van der Waals surface area contributed by atoms with Crippen molar-refractivity contribution in [3.8, 4) is 39.1 Å². The topological polar surface area (TPSA) is 20.2 Å². The van der Waals surface area contributed by atoms with E-state index in [1.807, 2.05) is 0 Å². The number of anilines is 3. The fourth-order valence-electron chi connectivity index (χ4n) is 12.7. The SMILES string of the molecule is C=C1C=C(c2ccccc2)N(C)c2cc3c(cc21)[B]c1c(-c2cc4c(cc2Nc2ccc(C(C)(C)C)cc2)C(C)(C)c2ccc(C(C)(C)C)cc2-4)ccc2c4cc5c(cc4n-3c12)C(C)(C)c1ccccc1-5. The van der Waals surface area contributed by atoms with E-state index < -0.39 is 0 Å². The Bertz CT molecular complexity index is 3840. The van der Waals surface area contributed by atoms with E-state index in [0.29, 0.717) is 0 Å². The minimum atomic E-state index is -0.182. The van der Waals surface area contributed by atoms with E-state index in [0.717, 1.165) is 33.9 Å². The first-order valence-corrected chi connectivity index (χ1v) is 25.5. The summed E-state index contributed by atoms with van der Waals surface area (Å²) in [4.78, 5) is 2.35. The van der Waals surface area contributed by atoms with Crippen molar-refractivity contribution < 1.29 is 0 Å². The average Bonchev–Trinajstić information content (AvgIpc) is 3.88. The first kappa shape index (κ1) is 43.7. The van der Waals surface area contributed by atoms with E-state index in [4.69, 9.17) is 6.58 Å². The lowest BCUT2D eigenvalue weighted by atomic mass is 9.58. The normalized spacial score (nSPS) is 15.7. The Morgan fingerprint density at radius 1 is 0.521 bits per heavy atom. The van der Waals surface area contributed by atoms with E-state index >= 15 is 0 Å². The average molecular weight is 919 g/mol. The predicted octanol–water partition coefficient (Wildman–Crippen LogP) is 15.9. The highest BCUT2D eigenvalue weighted by Crippen LogP contribution is 2.54. The van der Waals surface area contributed by atoms with Gasteiger partial charge in [-0.25, -0.2) is 0 Å². The first-order valence-electron chi connectivity index (χ1n) is 25.5. The second-order valence-corrected chi connectivity index (χ2v) is 23.9. The number of allylic oxidation sites excluding steroid dienone is 2. The molecule has 4 aliphatic rings. The van der Waals surface area contributed by atoms with Gasteiger partial charge in [-0.15, -0.1) is 0 Å². The molecule has 0 saturated carbocycles. The fourth-order valence-corrected chi connectivity index (χ4v) is 12.7. The molecule has 2 aliphatic heterocycles. The lowest BCUT2D eigenvalue weighted by molar-refractivity contribution is 0.589. The molecule has 9 aromatic rings. The van der Waals surface area contributed by atoms with Crippen LogP contribution in [0, 0.1) is 0 Å². The Kier molecular flexibility index (Phi) is 9.01. The molecule has 0 fully saturated rings. The Morgan fingerprint density at radius 3 is 1.90 bits per heavy atom. The van der Waals surface area contributed by atoms with Gasteiger partial charge < -0.3 is 14.8 Å². The molecule has 13 rings (SSSR count). The maximum atomic E-state index is 4.70. The fraction of sp³-hybridized carbons (Fsp3) is 0.224. The number of hydrogen-bond acceptors (Lipinski definition) is 2. The summed E-state index contributed by atoms with van der Waals surface area (Å²) in [5.74, 6) is 0. The highest BCUT2D eigenvalue weighted by molar-refractivity contribution is 6.73. The maximum absolute atomic E-state index is 4.70. The van der Waals surface area contributed by atoms with E-state index in [9.17, 15) is 0 Å². The van der Waals surface area contributed by atoms with E-state index in [1.165, 1.54) is 111 Å². The molecule has 0 spiro atoms. The van der Waals surface area contributed by atoms with Gasteiger partial charge in [-0.3, -0.25) is 0 Å². The maximum Gasteiger partial charge on any atom is 0.197 e. The summed E-state index contributed by atoms with van der Waals surface area (Å²) in [7, 11) is 4.68. The van der Waals surface area contributed by atoms with Gasteiger partial charge >= 0.3 is 0 Å². The van der Waals surface area contributed by atoms with Crippen LogP contribution in [0.15, 0.2) is 158 Å². The van der Waals surface area contributed by atoms with Gasteiger partial charge in [0.2, 0.25) is 0 Å². The summed E-state index contributed by atoms with van der Waals surface area (Å²) in [5, 5.41) is 6.57. The summed E-state index contributed by atoms with van der Waals surface area (Å²) in [6.07, 6.45) is 2.25. The number of aromatic nitrogens is 1. The number of nitrogens with zero attached hydrogens (tertiary/aromatic N) is 2. The number of rotatable bonds is 4. The molecule has 0 saturated heterocycles. The van der Waals surface area contributed by atoms with Gasteiger partial charge in [0.15, 0.2) is 7.28 Å². The Labute approximate surface area is 420 Å². The zero-order chi connectivity index (χ0) is 49.3. The molecule has 0 amide bonds. The van der Waals surface area contributed by atoms with Gasteiger partial charge in [0.05, 0.1) is 11.2 Å². The Balaban J connectivity index is 1.09. The van der Waals surface area contributed by atoms with Gasteiger partial charge in [0.25, 0.3) is 0 Å². The molecule has 1 N–H and O–H groups in total. The lowest BCUT2D eigenvalue weighted by Crippen LogP contribution is -2.38. The molecule has 71 heavy (non-hydrogen) atoms. The van der Waals surface area contributed by atoms with Crippen molar-refractivity contribution >= 4 is 68.3 Å². The monoisotopic (exact) mass is 918 g/mol. The van der Waals surface area contributed by atoms with Crippen LogP contribution in [0.5, 0.6) is 0 Å². The number of fused-ring (bicyclic) bond motifs is 12.